The Morgan fingerprint density at radius 1 is 1.08 bits per heavy atom. The van der Waals surface area contributed by atoms with E-state index >= 15 is 0 Å². The molecule has 1 saturated heterocycles. The summed E-state index contributed by atoms with van der Waals surface area (Å²) >= 11 is 5.76. The second-order valence-electron chi connectivity index (χ2n) is 8.86. The molecule has 0 aliphatic carbocycles. The van der Waals surface area contributed by atoms with Gasteiger partial charge in [-0.2, -0.15) is 0 Å². The second kappa shape index (κ2) is 11.4. The Hall–Kier alpha value is -4.24. The van der Waals surface area contributed by atoms with Gasteiger partial charge in [-0.05, 0) is 91.9 Å². The number of thiocarbonyl (C=S) groups is 1. The Kier molecular flexibility index (Phi) is 7.65. The predicted octanol–water partition coefficient (Wildman–Crippen LogP) is 5.41. The molecule has 4 aromatic rings. The fourth-order valence-electron chi connectivity index (χ4n) is 4.69. The van der Waals surface area contributed by atoms with Crippen LogP contribution in [0, 0.1) is 5.82 Å². The zero-order chi connectivity index (χ0) is 26.5. The molecule has 1 aliphatic heterocycles. The van der Waals surface area contributed by atoms with Crippen molar-refractivity contribution in [3.05, 3.63) is 108 Å². The molecule has 1 fully saturated rings. The molecule has 38 heavy (non-hydrogen) atoms. The Morgan fingerprint density at radius 2 is 1.87 bits per heavy atom. The van der Waals surface area contributed by atoms with Crippen LogP contribution in [-0.2, 0) is 4.79 Å². The lowest BCUT2D eigenvalue weighted by atomic mass is 10.0. The Bertz CT molecular complexity index is 1390. The molecule has 1 amide bonds. The molecule has 1 aliphatic rings. The molecule has 0 bridgehead atoms. The summed E-state index contributed by atoms with van der Waals surface area (Å²) < 4.78 is 21.0. The van der Waals surface area contributed by atoms with Crippen LogP contribution in [0.1, 0.15) is 36.8 Å². The topological polar surface area (TPSA) is 71.4 Å². The third-order valence-electron chi connectivity index (χ3n) is 6.41. The van der Waals surface area contributed by atoms with E-state index in [-0.39, 0.29) is 30.2 Å². The first-order valence-electron chi connectivity index (χ1n) is 12.5. The van der Waals surface area contributed by atoms with E-state index in [2.05, 4.69) is 26.3 Å². The summed E-state index contributed by atoms with van der Waals surface area (Å²) in [5.41, 5.74) is 3.40. The Labute approximate surface area is 226 Å². The fraction of sp³-hybridized carbons (Fsp3) is 0.207. The Balaban J connectivity index is 1.42. The highest BCUT2D eigenvalue weighted by atomic mass is 32.1. The maximum Gasteiger partial charge on any atom is 0.226 e. The molecule has 5 rings (SSSR count). The number of nitrogens with one attached hydrogen (secondary N) is 2. The van der Waals surface area contributed by atoms with Gasteiger partial charge in [-0.3, -0.25) is 9.78 Å². The van der Waals surface area contributed by atoms with E-state index in [4.69, 9.17) is 17.0 Å². The smallest absolute Gasteiger partial charge is 0.226 e. The number of aromatic nitrogens is 2. The van der Waals surface area contributed by atoms with Gasteiger partial charge in [0, 0.05) is 42.4 Å². The van der Waals surface area contributed by atoms with E-state index in [0.717, 1.165) is 22.8 Å². The predicted molar refractivity (Wildman–Crippen MR) is 149 cm³/mol. The number of amides is 1. The average molecular weight is 530 g/mol. The number of carbonyl (C=O) groups excluding carboxylic acids is 1. The molecule has 2 aromatic carbocycles. The molecular formula is C29H28FN5O2S. The van der Waals surface area contributed by atoms with Gasteiger partial charge in [0.1, 0.15) is 11.6 Å². The molecule has 0 unspecified atom stereocenters. The largest absolute Gasteiger partial charge is 0.494 e. The van der Waals surface area contributed by atoms with Gasteiger partial charge >= 0.3 is 0 Å². The van der Waals surface area contributed by atoms with Gasteiger partial charge in [0.2, 0.25) is 5.91 Å². The number of hydrogen-bond donors (Lipinski definition) is 2. The molecular weight excluding hydrogens is 501 g/mol. The molecule has 3 heterocycles. The van der Waals surface area contributed by atoms with Crippen molar-refractivity contribution < 1.29 is 13.9 Å². The molecule has 0 radical (unpaired) electrons. The van der Waals surface area contributed by atoms with Gasteiger partial charge in [0.25, 0.3) is 0 Å². The minimum Gasteiger partial charge on any atom is -0.494 e. The summed E-state index contributed by atoms with van der Waals surface area (Å²) in [5.74, 6) is 0.283. The van der Waals surface area contributed by atoms with E-state index in [9.17, 15) is 9.18 Å². The van der Waals surface area contributed by atoms with E-state index < -0.39 is 0 Å². The van der Waals surface area contributed by atoms with Crippen LogP contribution in [0.5, 0.6) is 5.75 Å². The molecule has 7 nitrogen and oxygen atoms in total. The standard InChI is InChI=1S/C29H28FN5O2S/c1-2-37-23-14-12-22(13-15-23)34-18-5-7-25(34)28-27(24-6-3-4-17-31-24)33-29(38)35(28)19-16-26(36)32-21-10-8-20(30)9-11-21/h3-15,17-18,27-28H,2,16,19H2,1H3,(H,32,36)(H,33,38)/t27-,28+/m0/s1. The van der Waals surface area contributed by atoms with Gasteiger partial charge in [-0.25, -0.2) is 4.39 Å². The van der Waals surface area contributed by atoms with Crippen molar-refractivity contribution >= 4 is 28.9 Å². The van der Waals surface area contributed by atoms with Gasteiger partial charge in [0.15, 0.2) is 5.11 Å². The Morgan fingerprint density at radius 3 is 2.58 bits per heavy atom. The van der Waals surface area contributed by atoms with Crippen LogP contribution in [-0.4, -0.2) is 38.6 Å². The van der Waals surface area contributed by atoms with E-state index in [1.807, 2.05) is 66.6 Å². The number of rotatable bonds is 9. The lowest BCUT2D eigenvalue weighted by Gasteiger charge is -2.29. The third-order valence-corrected chi connectivity index (χ3v) is 6.77. The molecule has 0 saturated carbocycles. The monoisotopic (exact) mass is 529 g/mol. The lowest BCUT2D eigenvalue weighted by molar-refractivity contribution is -0.116. The summed E-state index contributed by atoms with van der Waals surface area (Å²) in [6, 6.07) is 23.1. The van der Waals surface area contributed by atoms with Crippen LogP contribution in [0.15, 0.2) is 91.3 Å². The normalized spacial score (nSPS) is 16.8. The summed E-state index contributed by atoms with van der Waals surface area (Å²) in [4.78, 5) is 19.4. The zero-order valence-corrected chi connectivity index (χ0v) is 21.7. The number of anilines is 1. The first kappa shape index (κ1) is 25.4. The highest BCUT2D eigenvalue weighted by Gasteiger charge is 2.41. The summed E-state index contributed by atoms with van der Waals surface area (Å²) in [5, 5.41) is 6.81. The van der Waals surface area contributed by atoms with Crippen LogP contribution in [0.2, 0.25) is 0 Å². The number of benzene rings is 2. The molecule has 9 heteroatoms. The first-order chi connectivity index (χ1) is 18.5. The molecule has 0 spiro atoms. The molecule has 2 N–H and O–H groups in total. The summed E-state index contributed by atoms with van der Waals surface area (Å²) in [7, 11) is 0. The maximum absolute atomic E-state index is 13.2. The van der Waals surface area contributed by atoms with Crippen molar-refractivity contribution in [3.8, 4) is 11.4 Å². The average Bonchev–Trinajstić information content (AvgIpc) is 3.54. The van der Waals surface area contributed by atoms with Gasteiger partial charge in [-0.1, -0.05) is 6.07 Å². The highest BCUT2D eigenvalue weighted by Crippen LogP contribution is 2.39. The van der Waals surface area contributed by atoms with E-state index in [1.165, 1.54) is 12.1 Å². The van der Waals surface area contributed by atoms with Crippen molar-refractivity contribution in [2.24, 2.45) is 0 Å². The third kappa shape index (κ3) is 5.52. The van der Waals surface area contributed by atoms with E-state index in [1.54, 1.807) is 18.3 Å². The SMILES string of the molecule is CCOc1ccc(-n2cccc2[C@@H]2[C@H](c3ccccn3)NC(=S)N2CCC(=O)Nc2ccc(F)cc2)cc1. The van der Waals surface area contributed by atoms with Crippen LogP contribution < -0.4 is 15.4 Å². The van der Waals surface area contributed by atoms with Crippen molar-refractivity contribution in [2.45, 2.75) is 25.4 Å². The quantitative estimate of drug-likeness (QED) is 0.283. The number of hydrogen-bond acceptors (Lipinski definition) is 4. The number of halogens is 1. The van der Waals surface area contributed by atoms with Crippen LogP contribution in [0.25, 0.3) is 5.69 Å². The van der Waals surface area contributed by atoms with Crippen LogP contribution in [0.4, 0.5) is 10.1 Å². The van der Waals surface area contributed by atoms with Crippen molar-refractivity contribution in [1.82, 2.24) is 19.8 Å². The van der Waals surface area contributed by atoms with Gasteiger partial charge < -0.3 is 24.8 Å². The summed E-state index contributed by atoms with van der Waals surface area (Å²) in [6.45, 7) is 2.95. The first-order valence-corrected chi connectivity index (χ1v) is 12.9. The number of ether oxygens (including phenoxy) is 1. The van der Waals surface area contributed by atoms with Crippen LogP contribution >= 0.6 is 12.2 Å². The van der Waals surface area contributed by atoms with Crippen LogP contribution in [0.3, 0.4) is 0 Å². The highest BCUT2D eigenvalue weighted by molar-refractivity contribution is 7.80. The number of carbonyl (C=O) groups is 1. The minimum absolute atomic E-state index is 0.179. The minimum atomic E-state index is -0.351. The van der Waals surface area contributed by atoms with Gasteiger partial charge in [-0.15, -0.1) is 0 Å². The second-order valence-corrected chi connectivity index (χ2v) is 9.24. The molecule has 194 valence electrons. The fourth-order valence-corrected chi connectivity index (χ4v) is 5.02. The number of nitrogens with zero attached hydrogens (tertiary/aromatic N) is 3. The van der Waals surface area contributed by atoms with E-state index in [0.29, 0.717) is 24.0 Å². The van der Waals surface area contributed by atoms with Crippen molar-refractivity contribution in [1.29, 1.82) is 0 Å². The lowest BCUT2D eigenvalue weighted by Crippen LogP contribution is -2.33. The summed E-state index contributed by atoms with van der Waals surface area (Å²) in [6.07, 6.45) is 3.98. The maximum atomic E-state index is 13.2. The zero-order valence-electron chi connectivity index (χ0n) is 20.9. The van der Waals surface area contributed by atoms with Crippen molar-refractivity contribution in [3.63, 3.8) is 0 Å². The number of pyridine rings is 1. The molecule has 2 atom stereocenters. The molecule has 2 aromatic heterocycles. The van der Waals surface area contributed by atoms with Gasteiger partial charge in [0.05, 0.1) is 24.4 Å². The van der Waals surface area contributed by atoms with Crippen molar-refractivity contribution in [2.75, 3.05) is 18.5 Å².